The van der Waals surface area contributed by atoms with Crippen LogP contribution in [-0.2, 0) is 96.5 Å². The van der Waals surface area contributed by atoms with E-state index in [0.717, 1.165) is 33.4 Å². The number of hydrogen-bond donors (Lipinski definition) is 0. The smallest absolute Gasteiger partial charge is 0.303 e. The molecule has 0 bridgehead atoms. The summed E-state index contributed by atoms with van der Waals surface area (Å²) in [6, 6.07) is 59.3. The van der Waals surface area contributed by atoms with Crippen LogP contribution in [0.15, 0.2) is 182 Å². The van der Waals surface area contributed by atoms with Gasteiger partial charge in [-0.2, -0.15) is 0 Å². The molecular weight excluding hydrogens is 877 g/mol. The highest BCUT2D eigenvalue weighted by molar-refractivity contribution is 5.66. The molecule has 2 fully saturated rings. The van der Waals surface area contributed by atoms with Gasteiger partial charge in [0, 0.05) is 14.0 Å². The average Bonchev–Trinajstić information content (AvgIpc) is 3.39. The Hall–Kier alpha value is -5.61. The molecule has 6 aromatic rings. The zero-order valence-electron chi connectivity index (χ0n) is 39.1. The number of carbonyl (C=O) groups is 1. The molecule has 10 atom stereocenters. The molecule has 0 aromatic heterocycles. The van der Waals surface area contributed by atoms with E-state index in [2.05, 4.69) is 0 Å². The van der Waals surface area contributed by atoms with Crippen LogP contribution in [0.1, 0.15) is 40.3 Å². The van der Waals surface area contributed by atoms with Gasteiger partial charge < -0.3 is 52.1 Å². The maximum atomic E-state index is 13.1. The fourth-order valence-electron chi connectivity index (χ4n) is 8.51. The van der Waals surface area contributed by atoms with E-state index in [9.17, 15) is 4.79 Å². The molecule has 12 nitrogen and oxygen atoms in total. The molecule has 2 saturated heterocycles. The van der Waals surface area contributed by atoms with Crippen LogP contribution < -0.4 is 0 Å². The van der Waals surface area contributed by atoms with E-state index in [1.165, 1.54) is 6.92 Å². The number of methoxy groups -OCH3 is 1. The molecule has 12 heteroatoms. The predicted molar refractivity (Wildman–Crippen MR) is 257 cm³/mol. The first-order valence-corrected chi connectivity index (χ1v) is 23.5. The van der Waals surface area contributed by atoms with Crippen LogP contribution >= 0.6 is 0 Å². The maximum absolute atomic E-state index is 13.1. The highest BCUT2D eigenvalue weighted by Crippen LogP contribution is 2.35. The summed E-state index contributed by atoms with van der Waals surface area (Å²) in [4.78, 5) is 13.1. The third-order valence-electron chi connectivity index (χ3n) is 12.0. The average molecular weight is 939 g/mol. The SMILES string of the molecule is CO[C@H]1O[C@H](CO[C@@H]2O[C@H](COCc3ccccc3)[C@@H](OCc3ccccc3)[C@H](OCc3ccccc3)[C@H]2OC(C)=O)[C@@H](OCc2ccccc2)[C@H](OCc2ccccc2)[C@@H]1OCc1ccccc1. The summed E-state index contributed by atoms with van der Waals surface area (Å²) in [7, 11) is 1.58. The summed E-state index contributed by atoms with van der Waals surface area (Å²) >= 11 is 0. The normalized spacial score (nSPS) is 24.7. The fraction of sp³-hybridized carbons (Fsp3) is 0.351. The second-order valence-electron chi connectivity index (χ2n) is 17.0. The van der Waals surface area contributed by atoms with Gasteiger partial charge in [-0.1, -0.05) is 182 Å². The van der Waals surface area contributed by atoms with Gasteiger partial charge in [-0.05, 0) is 33.4 Å². The summed E-state index contributed by atoms with van der Waals surface area (Å²) in [6.45, 7) is 2.90. The van der Waals surface area contributed by atoms with Gasteiger partial charge >= 0.3 is 5.97 Å². The summed E-state index contributed by atoms with van der Waals surface area (Å²) in [6.07, 6.45) is -8.53. The van der Waals surface area contributed by atoms with E-state index in [4.69, 9.17) is 52.1 Å². The Bertz CT molecular complexity index is 2350. The second kappa shape index (κ2) is 26.4. The monoisotopic (exact) mass is 938 g/mol. The number of benzene rings is 6. The third-order valence-corrected chi connectivity index (χ3v) is 12.0. The Labute approximate surface area is 405 Å². The van der Waals surface area contributed by atoms with E-state index in [1.807, 2.05) is 182 Å². The highest BCUT2D eigenvalue weighted by Gasteiger charge is 2.53. The van der Waals surface area contributed by atoms with Gasteiger partial charge in [0.1, 0.15) is 42.7 Å². The summed E-state index contributed by atoms with van der Waals surface area (Å²) in [5.74, 6) is -0.545. The van der Waals surface area contributed by atoms with Crippen molar-refractivity contribution in [2.75, 3.05) is 20.3 Å². The Balaban J connectivity index is 1.11. The Morgan fingerprint density at radius 2 is 0.696 bits per heavy atom. The lowest BCUT2D eigenvalue weighted by Gasteiger charge is -2.47. The van der Waals surface area contributed by atoms with Gasteiger partial charge in [0.2, 0.25) is 0 Å². The molecule has 0 saturated carbocycles. The minimum Gasteiger partial charge on any atom is -0.454 e. The molecular formula is C57H62O12. The van der Waals surface area contributed by atoms with Crippen molar-refractivity contribution in [1.82, 2.24) is 0 Å². The van der Waals surface area contributed by atoms with E-state index < -0.39 is 67.4 Å². The van der Waals surface area contributed by atoms with Crippen LogP contribution in [-0.4, -0.2) is 87.7 Å². The van der Waals surface area contributed by atoms with Crippen LogP contribution in [0.4, 0.5) is 0 Å². The number of carbonyl (C=O) groups excluding carboxylic acids is 1. The third kappa shape index (κ3) is 14.7. The molecule has 2 aliphatic heterocycles. The summed E-state index contributed by atoms with van der Waals surface area (Å²) in [5, 5.41) is 0. The van der Waals surface area contributed by atoms with Crippen molar-refractivity contribution in [2.24, 2.45) is 0 Å². The van der Waals surface area contributed by atoms with Crippen molar-refractivity contribution in [3.05, 3.63) is 215 Å². The van der Waals surface area contributed by atoms with Crippen LogP contribution in [0, 0.1) is 0 Å². The van der Waals surface area contributed by atoms with Crippen molar-refractivity contribution in [3.63, 3.8) is 0 Å². The van der Waals surface area contributed by atoms with Crippen LogP contribution in [0.5, 0.6) is 0 Å². The van der Waals surface area contributed by atoms with Crippen molar-refractivity contribution < 1.29 is 56.9 Å². The molecule has 8 rings (SSSR count). The van der Waals surface area contributed by atoms with Crippen molar-refractivity contribution in [2.45, 2.75) is 108 Å². The van der Waals surface area contributed by atoms with E-state index >= 15 is 0 Å². The molecule has 0 radical (unpaired) electrons. The molecule has 362 valence electrons. The molecule has 69 heavy (non-hydrogen) atoms. The number of esters is 1. The zero-order valence-corrected chi connectivity index (χ0v) is 39.1. The van der Waals surface area contributed by atoms with Crippen molar-refractivity contribution in [1.29, 1.82) is 0 Å². The minimum absolute atomic E-state index is 0.100. The topological polar surface area (TPSA) is 119 Å². The van der Waals surface area contributed by atoms with Crippen LogP contribution in [0.2, 0.25) is 0 Å². The molecule has 0 amide bonds. The zero-order chi connectivity index (χ0) is 47.5. The minimum atomic E-state index is -1.17. The van der Waals surface area contributed by atoms with E-state index in [0.29, 0.717) is 6.61 Å². The molecule has 2 heterocycles. The first kappa shape index (κ1) is 49.8. The molecule has 2 aliphatic rings. The lowest BCUT2D eigenvalue weighted by atomic mass is 9.97. The number of ether oxygens (including phenoxy) is 11. The van der Waals surface area contributed by atoms with Gasteiger partial charge in [-0.3, -0.25) is 4.79 Å². The fourth-order valence-corrected chi connectivity index (χ4v) is 8.51. The van der Waals surface area contributed by atoms with Gasteiger partial charge in [0.05, 0.1) is 52.9 Å². The maximum Gasteiger partial charge on any atom is 0.303 e. The number of hydrogen-bond acceptors (Lipinski definition) is 12. The molecule has 0 unspecified atom stereocenters. The largest absolute Gasteiger partial charge is 0.454 e. The molecule has 0 spiro atoms. The van der Waals surface area contributed by atoms with E-state index in [-0.39, 0.29) is 46.2 Å². The van der Waals surface area contributed by atoms with Crippen molar-refractivity contribution in [3.8, 4) is 0 Å². The van der Waals surface area contributed by atoms with Gasteiger partial charge in [-0.25, -0.2) is 0 Å². The first-order valence-electron chi connectivity index (χ1n) is 23.5. The molecule has 0 N–H and O–H groups in total. The Morgan fingerprint density at radius 1 is 0.377 bits per heavy atom. The highest BCUT2D eigenvalue weighted by atomic mass is 16.8. The van der Waals surface area contributed by atoms with Crippen LogP contribution in [0.3, 0.4) is 0 Å². The standard InChI is InChI=1S/C57H62O12/c1-41(58)67-55-53(64-37-46-29-17-7-18-30-46)50(61-34-43-23-11-4-12-24-43)48(39-60-33-42-21-9-3-10-22-42)69-57(55)66-40-49-51(62-35-44-25-13-5-14-26-44)52(63-36-45-27-15-6-16-28-45)54(56(59-2)68-49)65-38-47-31-19-8-20-32-47/h3-32,48-57H,33-40H2,1-2H3/t48-,49-,50-,51-,52+,53+,54+,55-,56+,57-/m1/s1. The second-order valence-corrected chi connectivity index (χ2v) is 17.0. The van der Waals surface area contributed by atoms with Gasteiger partial charge in [-0.15, -0.1) is 0 Å². The lowest BCUT2D eigenvalue weighted by Crippen LogP contribution is -2.64. The van der Waals surface area contributed by atoms with Gasteiger partial charge in [0.15, 0.2) is 18.7 Å². The molecule has 6 aromatic carbocycles. The summed E-state index contributed by atoms with van der Waals surface area (Å²) < 4.78 is 72.9. The Kier molecular flexibility index (Phi) is 19.0. The number of rotatable bonds is 24. The Morgan fingerprint density at radius 3 is 1.07 bits per heavy atom. The first-order chi connectivity index (χ1) is 34.0. The van der Waals surface area contributed by atoms with Gasteiger partial charge in [0.25, 0.3) is 0 Å². The predicted octanol–water partition coefficient (Wildman–Crippen LogP) is 9.17. The van der Waals surface area contributed by atoms with Crippen LogP contribution in [0.25, 0.3) is 0 Å². The summed E-state index contributed by atoms with van der Waals surface area (Å²) in [5.41, 5.74) is 5.77. The quantitative estimate of drug-likeness (QED) is 0.0539. The van der Waals surface area contributed by atoms with Crippen molar-refractivity contribution >= 4 is 5.97 Å². The van der Waals surface area contributed by atoms with E-state index in [1.54, 1.807) is 7.11 Å². The molecule has 0 aliphatic carbocycles. The lowest BCUT2D eigenvalue weighted by molar-refractivity contribution is -0.347.